The molecule has 0 spiro atoms. The molecule has 6 heteroatoms. The zero-order chi connectivity index (χ0) is 18.9. The van der Waals surface area contributed by atoms with Gasteiger partial charge >= 0.3 is 5.97 Å². The van der Waals surface area contributed by atoms with Gasteiger partial charge in [-0.2, -0.15) is 0 Å². The number of hydrogen-bond donors (Lipinski definition) is 2. The Labute approximate surface area is 152 Å². The fraction of sp³-hybridized carbons (Fsp3) is 0.250. The number of anilines is 1. The predicted octanol–water partition coefficient (Wildman–Crippen LogP) is 2.47. The van der Waals surface area contributed by atoms with Crippen LogP contribution >= 0.6 is 0 Å². The number of amides is 2. The molecule has 0 fully saturated rings. The van der Waals surface area contributed by atoms with Crippen LogP contribution in [0.3, 0.4) is 0 Å². The molecule has 0 aliphatic heterocycles. The Morgan fingerprint density at radius 1 is 1.00 bits per heavy atom. The third-order valence-corrected chi connectivity index (χ3v) is 3.74. The van der Waals surface area contributed by atoms with Crippen molar-refractivity contribution < 1.29 is 19.1 Å². The Balaban J connectivity index is 1.75. The van der Waals surface area contributed by atoms with Crippen molar-refractivity contribution in [1.82, 2.24) is 5.32 Å². The zero-order valence-electron chi connectivity index (χ0n) is 14.9. The van der Waals surface area contributed by atoms with E-state index in [2.05, 4.69) is 10.6 Å². The summed E-state index contributed by atoms with van der Waals surface area (Å²) in [7, 11) is 0. The highest BCUT2D eigenvalue weighted by Gasteiger charge is 2.11. The predicted molar refractivity (Wildman–Crippen MR) is 98.9 cm³/mol. The first kappa shape index (κ1) is 19.2. The van der Waals surface area contributed by atoms with E-state index in [0.29, 0.717) is 11.3 Å². The lowest BCUT2D eigenvalue weighted by atomic mass is 10.1. The topological polar surface area (TPSA) is 84.5 Å². The van der Waals surface area contributed by atoms with E-state index in [4.69, 9.17) is 4.74 Å². The molecule has 0 aliphatic rings. The van der Waals surface area contributed by atoms with Crippen molar-refractivity contribution in [2.24, 2.45) is 0 Å². The first-order valence-electron chi connectivity index (χ1n) is 8.38. The largest absolute Gasteiger partial charge is 0.454 e. The van der Waals surface area contributed by atoms with Crippen LogP contribution in [0.2, 0.25) is 0 Å². The Bertz CT molecular complexity index is 785. The van der Waals surface area contributed by atoms with Gasteiger partial charge in [0.05, 0.1) is 0 Å². The molecule has 0 aromatic heterocycles. The molecule has 0 bridgehead atoms. The van der Waals surface area contributed by atoms with Crippen LogP contribution in [-0.2, 0) is 20.7 Å². The molecule has 2 aromatic carbocycles. The molecule has 0 heterocycles. The van der Waals surface area contributed by atoms with E-state index in [1.165, 1.54) is 0 Å². The van der Waals surface area contributed by atoms with Gasteiger partial charge in [0.1, 0.15) is 6.54 Å². The fourth-order valence-electron chi connectivity index (χ4n) is 2.29. The number of para-hydroxylation sites is 1. The second-order valence-corrected chi connectivity index (χ2v) is 5.77. The first-order chi connectivity index (χ1) is 12.5. The van der Waals surface area contributed by atoms with E-state index in [1.807, 2.05) is 44.2 Å². The first-order valence-corrected chi connectivity index (χ1v) is 8.38. The van der Waals surface area contributed by atoms with Gasteiger partial charge in [-0.1, -0.05) is 42.8 Å². The lowest BCUT2D eigenvalue weighted by molar-refractivity contribution is -0.146. The van der Waals surface area contributed by atoms with E-state index >= 15 is 0 Å². The third kappa shape index (κ3) is 5.73. The Morgan fingerprint density at radius 3 is 2.38 bits per heavy atom. The van der Waals surface area contributed by atoms with Crippen molar-refractivity contribution in [1.29, 1.82) is 0 Å². The number of rotatable bonds is 7. The van der Waals surface area contributed by atoms with Crippen molar-refractivity contribution in [3.05, 3.63) is 65.2 Å². The summed E-state index contributed by atoms with van der Waals surface area (Å²) < 4.78 is 4.89. The number of ether oxygens (including phenoxy) is 1. The molecule has 2 rings (SSSR count). The van der Waals surface area contributed by atoms with Crippen LogP contribution in [0.25, 0.3) is 0 Å². The second-order valence-electron chi connectivity index (χ2n) is 5.77. The SMILES string of the molecule is CCc1ccccc1NC(=O)COC(=O)CNC(=O)c1ccc(C)cc1. The second kappa shape index (κ2) is 9.36. The molecule has 136 valence electrons. The van der Waals surface area contributed by atoms with E-state index in [-0.39, 0.29) is 12.5 Å². The molecule has 0 saturated carbocycles. The summed E-state index contributed by atoms with van der Waals surface area (Å²) in [4.78, 5) is 35.5. The highest BCUT2D eigenvalue weighted by Crippen LogP contribution is 2.15. The van der Waals surface area contributed by atoms with Crippen molar-refractivity contribution in [2.75, 3.05) is 18.5 Å². The van der Waals surface area contributed by atoms with E-state index < -0.39 is 18.5 Å². The smallest absolute Gasteiger partial charge is 0.325 e. The Kier molecular flexibility index (Phi) is 6.91. The number of aryl methyl sites for hydroxylation is 2. The normalized spacial score (nSPS) is 10.1. The standard InChI is InChI=1S/C20H22N2O4/c1-3-15-6-4-5-7-17(15)22-18(23)13-26-19(24)12-21-20(25)16-10-8-14(2)9-11-16/h4-11H,3,12-13H2,1-2H3,(H,21,25)(H,22,23). The summed E-state index contributed by atoms with van der Waals surface area (Å²) >= 11 is 0. The van der Waals surface area contributed by atoms with Crippen LogP contribution in [0.1, 0.15) is 28.4 Å². The molecule has 26 heavy (non-hydrogen) atoms. The molecule has 0 radical (unpaired) electrons. The molecule has 2 N–H and O–H groups in total. The molecule has 6 nitrogen and oxygen atoms in total. The van der Waals surface area contributed by atoms with Gasteiger partial charge in [-0.05, 0) is 37.1 Å². The third-order valence-electron chi connectivity index (χ3n) is 3.74. The summed E-state index contributed by atoms with van der Waals surface area (Å²) in [6.07, 6.45) is 0.779. The number of benzene rings is 2. The summed E-state index contributed by atoms with van der Waals surface area (Å²) in [5.41, 5.74) is 3.19. The molecule has 2 amide bonds. The number of carbonyl (C=O) groups is 3. The van der Waals surface area contributed by atoms with Gasteiger partial charge in [0.25, 0.3) is 11.8 Å². The van der Waals surface area contributed by atoms with Gasteiger partial charge in [0.2, 0.25) is 0 Å². The van der Waals surface area contributed by atoms with Crippen LogP contribution in [0, 0.1) is 6.92 Å². The molecule has 0 saturated heterocycles. The molecular formula is C20H22N2O4. The van der Waals surface area contributed by atoms with E-state index in [9.17, 15) is 14.4 Å². The van der Waals surface area contributed by atoms with Crippen LogP contribution in [0.4, 0.5) is 5.69 Å². The maximum Gasteiger partial charge on any atom is 0.325 e. The van der Waals surface area contributed by atoms with Crippen molar-refractivity contribution in [2.45, 2.75) is 20.3 Å². The van der Waals surface area contributed by atoms with Crippen LogP contribution in [0.15, 0.2) is 48.5 Å². The average Bonchev–Trinajstić information content (AvgIpc) is 2.65. The maximum atomic E-state index is 11.9. The average molecular weight is 354 g/mol. The molecule has 0 unspecified atom stereocenters. The minimum absolute atomic E-state index is 0.300. The van der Waals surface area contributed by atoms with Gasteiger partial charge in [0, 0.05) is 11.3 Å². The number of nitrogens with one attached hydrogen (secondary N) is 2. The quantitative estimate of drug-likeness (QED) is 0.748. The lowest BCUT2D eigenvalue weighted by Gasteiger charge is -2.10. The van der Waals surface area contributed by atoms with E-state index in [0.717, 1.165) is 17.5 Å². The summed E-state index contributed by atoms with van der Waals surface area (Å²) in [5, 5.41) is 5.17. The van der Waals surface area contributed by atoms with Gasteiger partial charge in [0.15, 0.2) is 6.61 Å². The van der Waals surface area contributed by atoms with Crippen LogP contribution < -0.4 is 10.6 Å². The van der Waals surface area contributed by atoms with Crippen LogP contribution in [0.5, 0.6) is 0 Å². The molecule has 0 aliphatic carbocycles. The maximum absolute atomic E-state index is 11.9. The lowest BCUT2D eigenvalue weighted by Crippen LogP contribution is -2.32. The van der Waals surface area contributed by atoms with Gasteiger partial charge in [-0.25, -0.2) is 0 Å². The minimum atomic E-state index is -0.676. The van der Waals surface area contributed by atoms with Gasteiger partial charge in [-0.15, -0.1) is 0 Å². The monoisotopic (exact) mass is 354 g/mol. The number of carbonyl (C=O) groups excluding carboxylic acids is 3. The summed E-state index contributed by atoms with van der Waals surface area (Å²) in [6, 6.07) is 14.4. The number of hydrogen-bond acceptors (Lipinski definition) is 4. The van der Waals surface area contributed by atoms with Gasteiger partial charge in [-0.3, -0.25) is 14.4 Å². The summed E-state index contributed by atoms with van der Waals surface area (Å²) in [5.74, 6) is -1.48. The zero-order valence-corrected chi connectivity index (χ0v) is 14.9. The molecule has 0 atom stereocenters. The fourth-order valence-corrected chi connectivity index (χ4v) is 2.29. The van der Waals surface area contributed by atoms with E-state index in [1.54, 1.807) is 18.2 Å². The van der Waals surface area contributed by atoms with Crippen molar-refractivity contribution >= 4 is 23.5 Å². The van der Waals surface area contributed by atoms with Crippen molar-refractivity contribution in [3.63, 3.8) is 0 Å². The van der Waals surface area contributed by atoms with Crippen LogP contribution in [-0.4, -0.2) is 30.9 Å². The summed E-state index contributed by atoms with van der Waals surface area (Å²) in [6.45, 7) is 3.20. The molecular weight excluding hydrogens is 332 g/mol. The Morgan fingerprint density at radius 2 is 1.69 bits per heavy atom. The van der Waals surface area contributed by atoms with Gasteiger partial charge < -0.3 is 15.4 Å². The highest BCUT2D eigenvalue weighted by atomic mass is 16.5. The minimum Gasteiger partial charge on any atom is -0.454 e. The number of esters is 1. The van der Waals surface area contributed by atoms with Crippen molar-refractivity contribution in [3.8, 4) is 0 Å². The molecule has 2 aromatic rings. The highest BCUT2D eigenvalue weighted by molar-refractivity contribution is 5.96. The Hall–Kier alpha value is -3.15.